The molecule has 3 fully saturated rings. The third-order valence-electron chi connectivity index (χ3n) is 7.09. The van der Waals surface area contributed by atoms with E-state index in [1.54, 1.807) is 6.08 Å². The van der Waals surface area contributed by atoms with E-state index >= 15 is 0 Å². The maximum absolute atomic E-state index is 12.4. The molecule has 0 amide bonds. The van der Waals surface area contributed by atoms with Crippen molar-refractivity contribution < 1.29 is 24.5 Å². The monoisotopic (exact) mass is 338 g/mol. The normalized spacial score (nSPS) is 48.1. The van der Waals surface area contributed by atoms with Crippen molar-refractivity contribution in [2.75, 3.05) is 13.7 Å². The molecule has 5 nitrogen and oxygen atoms in total. The minimum absolute atomic E-state index is 0.0353. The Morgan fingerprint density at radius 2 is 2.04 bits per heavy atom. The van der Waals surface area contributed by atoms with Gasteiger partial charge in [-0.1, -0.05) is 6.08 Å². The maximum atomic E-state index is 12.4. The van der Waals surface area contributed by atoms with Gasteiger partial charge in [0.2, 0.25) is 0 Å². The van der Waals surface area contributed by atoms with Gasteiger partial charge in [-0.05, 0) is 63.2 Å². The Labute approximate surface area is 144 Å². The number of carbonyl (C=O) groups is 1. The van der Waals surface area contributed by atoms with Crippen LogP contribution in [-0.2, 0) is 14.3 Å². The molecule has 2 aliphatic carbocycles. The molecular weight excluding hydrogens is 308 g/mol. The van der Waals surface area contributed by atoms with Gasteiger partial charge >= 0.3 is 5.97 Å². The number of methoxy groups -OCH3 is 1. The van der Waals surface area contributed by atoms with E-state index in [-0.39, 0.29) is 24.6 Å². The van der Waals surface area contributed by atoms with Crippen LogP contribution >= 0.6 is 0 Å². The first-order chi connectivity index (χ1) is 11.4. The highest BCUT2D eigenvalue weighted by molar-refractivity contribution is 5.77. The average Bonchev–Trinajstić information content (AvgIpc) is 2.62. The van der Waals surface area contributed by atoms with Crippen LogP contribution in [0.25, 0.3) is 0 Å². The fourth-order valence-electron chi connectivity index (χ4n) is 5.56. The molecule has 2 saturated carbocycles. The van der Waals surface area contributed by atoms with E-state index in [4.69, 9.17) is 9.47 Å². The molecule has 3 rings (SSSR count). The molecule has 0 unspecified atom stereocenters. The third kappa shape index (κ3) is 2.52. The van der Waals surface area contributed by atoms with Crippen molar-refractivity contribution in [2.45, 2.75) is 63.3 Å². The quantitative estimate of drug-likeness (QED) is 0.608. The van der Waals surface area contributed by atoms with E-state index in [1.165, 1.54) is 7.11 Å². The lowest BCUT2D eigenvalue weighted by atomic mass is 9.52. The molecule has 2 N–H and O–H groups in total. The molecule has 3 aliphatic rings. The van der Waals surface area contributed by atoms with Gasteiger partial charge in [0.25, 0.3) is 0 Å². The van der Waals surface area contributed by atoms with Crippen LogP contribution in [0.1, 0.15) is 45.4 Å². The minimum Gasteiger partial charge on any atom is -0.469 e. The highest BCUT2D eigenvalue weighted by atomic mass is 16.5. The number of fused-ring (bicyclic) bond motifs is 3. The standard InChI is InChI=1S/C19H30O5/c1-4-19(11-20)10-9-13-12-5-8-16(21)18(2,17(22)23-3)14(12)6-7-15(13)24-19/h4,12-16,20-21H,1,5-11H2,2-3H3/t12-,13-,14-,15-,16+,18+,19+/m0/s1. The molecule has 7 atom stereocenters. The van der Waals surface area contributed by atoms with Gasteiger partial charge in [0.15, 0.2) is 0 Å². The van der Waals surface area contributed by atoms with Gasteiger partial charge < -0.3 is 19.7 Å². The Morgan fingerprint density at radius 1 is 1.29 bits per heavy atom. The zero-order valence-corrected chi connectivity index (χ0v) is 14.7. The smallest absolute Gasteiger partial charge is 0.314 e. The van der Waals surface area contributed by atoms with Crippen LogP contribution < -0.4 is 0 Å². The van der Waals surface area contributed by atoms with Crippen molar-refractivity contribution in [3.8, 4) is 0 Å². The van der Waals surface area contributed by atoms with Crippen LogP contribution in [0.15, 0.2) is 12.7 Å². The van der Waals surface area contributed by atoms with Gasteiger partial charge in [-0.3, -0.25) is 4.79 Å². The van der Waals surface area contributed by atoms with Crippen molar-refractivity contribution in [3.05, 3.63) is 12.7 Å². The predicted molar refractivity (Wildman–Crippen MR) is 89.2 cm³/mol. The first kappa shape index (κ1) is 17.9. The summed E-state index contributed by atoms with van der Waals surface area (Å²) in [5, 5.41) is 20.2. The van der Waals surface area contributed by atoms with E-state index in [9.17, 15) is 15.0 Å². The first-order valence-corrected chi connectivity index (χ1v) is 9.10. The molecule has 0 aromatic heterocycles. The molecule has 1 aliphatic heterocycles. The van der Waals surface area contributed by atoms with E-state index < -0.39 is 17.1 Å². The fraction of sp³-hybridized carbons (Fsp3) is 0.842. The second-order valence-electron chi connectivity index (χ2n) is 8.00. The minimum atomic E-state index is -0.827. The van der Waals surface area contributed by atoms with E-state index in [2.05, 4.69) is 6.58 Å². The molecule has 5 heteroatoms. The van der Waals surface area contributed by atoms with Gasteiger partial charge in [0, 0.05) is 0 Å². The third-order valence-corrected chi connectivity index (χ3v) is 7.09. The van der Waals surface area contributed by atoms with E-state index in [1.807, 2.05) is 6.92 Å². The molecule has 0 aromatic carbocycles. The lowest BCUT2D eigenvalue weighted by molar-refractivity contribution is -0.209. The van der Waals surface area contributed by atoms with Crippen molar-refractivity contribution in [1.29, 1.82) is 0 Å². The van der Waals surface area contributed by atoms with Crippen molar-refractivity contribution in [2.24, 2.45) is 23.2 Å². The second kappa shape index (κ2) is 6.43. The summed E-state index contributed by atoms with van der Waals surface area (Å²) < 4.78 is 11.3. The topological polar surface area (TPSA) is 76.0 Å². The summed E-state index contributed by atoms with van der Waals surface area (Å²) in [6.07, 6.45) is 6.15. The SMILES string of the molecule is C=C[C@]1(CO)CC[C@H]2[C@@H]3CC[C@@H](O)[C@](C)(C(=O)OC)[C@H]3CC[C@@H]2O1. The van der Waals surface area contributed by atoms with Gasteiger partial charge in [-0.2, -0.15) is 0 Å². The summed E-state index contributed by atoms with van der Waals surface area (Å²) in [4.78, 5) is 12.4. The Balaban J connectivity index is 1.84. The molecule has 1 saturated heterocycles. The number of rotatable bonds is 3. The molecule has 0 aromatic rings. The van der Waals surface area contributed by atoms with E-state index in [0.717, 1.165) is 32.1 Å². The van der Waals surface area contributed by atoms with Crippen LogP contribution in [0.4, 0.5) is 0 Å². The van der Waals surface area contributed by atoms with Gasteiger partial charge in [-0.25, -0.2) is 0 Å². The molecule has 1 heterocycles. The maximum Gasteiger partial charge on any atom is 0.314 e. The Bertz CT molecular complexity index is 506. The molecule has 0 bridgehead atoms. The average molecular weight is 338 g/mol. The number of aliphatic hydroxyl groups excluding tert-OH is 2. The number of esters is 1. The summed E-state index contributed by atoms with van der Waals surface area (Å²) in [5.41, 5.74) is -1.44. The van der Waals surface area contributed by atoms with Crippen molar-refractivity contribution >= 4 is 5.97 Å². The largest absolute Gasteiger partial charge is 0.469 e. The lowest BCUT2D eigenvalue weighted by Gasteiger charge is -2.56. The first-order valence-electron chi connectivity index (χ1n) is 9.10. The second-order valence-corrected chi connectivity index (χ2v) is 8.00. The summed E-state index contributed by atoms with van der Waals surface area (Å²) in [5.74, 6) is 0.567. The lowest BCUT2D eigenvalue weighted by Crippen LogP contribution is -2.59. The summed E-state index contributed by atoms with van der Waals surface area (Å²) in [6.45, 7) is 5.67. The number of hydrogen-bond acceptors (Lipinski definition) is 5. The van der Waals surface area contributed by atoms with Crippen molar-refractivity contribution in [3.63, 3.8) is 0 Å². The predicted octanol–water partition coefficient (Wildman–Crippen LogP) is 2.06. The number of carbonyl (C=O) groups excluding carboxylic acids is 1. The zero-order valence-electron chi connectivity index (χ0n) is 14.7. The van der Waals surface area contributed by atoms with Crippen LogP contribution in [0, 0.1) is 23.2 Å². The van der Waals surface area contributed by atoms with Crippen LogP contribution in [0.3, 0.4) is 0 Å². The Kier molecular flexibility index (Phi) is 4.80. The molecular formula is C19H30O5. The zero-order chi connectivity index (χ0) is 17.5. The molecule has 136 valence electrons. The fourth-order valence-corrected chi connectivity index (χ4v) is 5.56. The highest BCUT2D eigenvalue weighted by Gasteiger charge is 2.58. The van der Waals surface area contributed by atoms with Crippen LogP contribution in [0.5, 0.6) is 0 Å². The summed E-state index contributed by atoms with van der Waals surface area (Å²) >= 11 is 0. The number of ether oxygens (including phenoxy) is 2. The van der Waals surface area contributed by atoms with Crippen molar-refractivity contribution in [1.82, 2.24) is 0 Å². The van der Waals surface area contributed by atoms with Gasteiger partial charge in [0.05, 0.1) is 31.3 Å². The number of hydrogen-bond donors (Lipinski definition) is 2. The van der Waals surface area contributed by atoms with Crippen LogP contribution in [0.2, 0.25) is 0 Å². The number of aliphatic hydroxyl groups is 2. The Morgan fingerprint density at radius 3 is 2.67 bits per heavy atom. The van der Waals surface area contributed by atoms with E-state index in [0.29, 0.717) is 18.3 Å². The Hall–Kier alpha value is -0.910. The molecule has 0 radical (unpaired) electrons. The molecule has 0 spiro atoms. The summed E-state index contributed by atoms with van der Waals surface area (Å²) in [7, 11) is 1.40. The van der Waals surface area contributed by atoms with Gasteiger partial charge in [-0.15, -0.1) is 6.58 Å². The van der Waals surface area contributed by atoms with Crippen LogP contribution in [-0.4, -0.2) is 47.7 Å². The molecule has 24 heavy (non-hydrogen) atoms. The highest BCUT2D eigenvalue weighted by Crippen LogP contribution is 2.56. The summed E-state index contributed by atoms with van der Waals surface area (Å²) in [6, 6.07) is 0. The van der Waals surface area contributed by atoms with Gasteiger partial charge in [0.1, 0.15) is 5.60 Å².